The van der Waals surface area contributed by atoms with E-state index in [9.17, 15) is 0 Å². The average Bonchev–Trinajstić information content (AvgIpc) is 2.68. The number of hydrogen-bond donors (Lipinski definition) is 1. The molecular formula is C13H21N3. The molecule has 1 N–H and O–H groups in total. The Morgan fingerprint density at radius 3 is 2.88 bits per heavy atom. The van der Waals surface area contributed by atoms with Gasteiger partial charge in [0.1, 0.15) is 5.82 Å². The van der Waals surface area contributed by atoms with E-state index in [0.29, 0.717) is 6.04 Å². The van der Waals surface area contributed by atoms with Crippen LogP contribution in [0.4, 0.5) is 5.82 Å². The van der Waals surface area contributed by atoms with Crippen LogP contribution in [0, 0.1) is 6.92 Å². The lowest BCUT2D eigenvalue weighted by molar-refractivity contribution is 0.724. The summed E-state index contributed by atoms with van der Waals surface area (Å²) in [6.45, 7) is 6.43. The molecule has 1 aromatic rings. The van der Waals surface area contributed by atoms with Crippen LogP contribution in [0.25, 0.3) is 0 Å². The van der Waals surface area contributed by atoms with Crippen molar-refractivity contribution in [1.29, 1.82) is 0 Å². The van der Waals surface area contributed by atoms with E-state index in [4.69, 9.17) is 4.98 Å². The molecule has 0 spiro atoms. The van der Waals surface area contributed by atoms with Gasteiger partial charge in [-0.3, -0.25) is 0 Å². The predicted octanol–water partition coefficient (Wildman–Crippen LogP) is 2.10. The lowest BCUT2D eigenvalue weighted by Gasteiger charge is -2.23. The maximum atomic E-state index is 4.71. The van der Waals surface area contributed by atoms with Gasteiger partial charge in [0.25, 0.3) is 0 Å². The van der Waals surface area contributed by atoms with Crippen molar-refractivity contribution in [3.05, 3.63) is 23.4 Å². The van der Waals surface area contributed by atoms with Crippen molar-refractivity contribution < 1.29 is 0 Å². The second kappa shape index (κ2) is 4.83. The maximum absolute atomic E-state index is 4.71. The van der Waals surface area contributed by atoms with Gasteiger partial charge in [-0.2, -0.15) is 0 Å². The second-order valence-corrected chi connectivity index (χ2v) is 4.63. The monoisotopic (exact) mass is 219 g/mol. The lowest BCUT2D eigenvalue weighted by atomic mass is 10.2. The summed E-state index contributed by atoms with van der Waals surface area (Å²) in [5, 5.41) is 3.17. The highest BCUT2D eigenvalue weighted by Gasteiger charge is 2.21. The maximum Gasteiger partial charge on any atom is 0.129 e. The third kappa shape index (κ3) is 2.19. The van der Waals surface area contributed by atoms with Crippen LogP contribution >= 0.6 is 0 Å². The van der Waals surface area contributed by atoms with Crippen molar-refractivity contribution in [1.82, 2.24) is 10.3 Å². The summed E-state index contributed by atoms with van der Waals surface area (Å²) in [5.41, 5.74) is 2.43. The first kappa shape index (κ1) is 11.4. The van der Waals surface area contributed by atoms with Crippen molar-refractivity contribution in [3.63, 3.8) is 0 Å². The van der Waals surface area contributed by atoms with E-state index in [-0.39, 0.29) is 0 Å². The fraction of sp³-hybridized carbons (Fsp3) is 0.615. The number of rotatable bonds is 3. The van der Waals surface area contributed by atoms with E-state index in [0.717, 1.165) is 24.6 Å². The minimum absolute atomic E-state index is 0.641. The molecular weight excluding hydrogens is 198 g/mol. The van der Waals surface area contributed by atoms with Gasteiger partial charge in [-0.25, -0.2) is 4.98 Å². The Bertz CT molecular complexity index is 362. The molecule has 1 fully saturated rings. The standard InChI is InChI=1S/C13H21N3/c1-10-5-4-8-16(10)13-7-6-12(9-14-3)11(2)15-13/h6-7,10,14H,4-5,8-9H2,1-3H3. The van der Waals surface area contributed by atoms with Crippen LogP contribution in [0.15, 0.2) is 12.1 Å². The molecule has 3 nitrogen and oxygen atoms in total. The minimum Gasteiger partial charge on any atom is -0.354 e. The summed E-state index contributed by atoms with van der Waals surface area (Å²) < 4.78 is 0. The molecule has 0 amide bonds. The van der Waals surface area contributed by atoms with Crippen LogP contribution in [0.2, 0.25) is 0 Å². The fourth-order valence-corrected chi connectivity index (χ4v) is 2.39. The topological polar surface area (TPSA) is 28.2 Å². The van der Waals surface area contributed by atoms with Gasteiger partial charge in [-0.1, -0.05) is 6.07 Å². The molecule has 1 unspecified atom stereocenters. The van der Waals surface area contributed by atoms with Gasteiger partial charge in [-0.05, 0) is 45.4 Å². The van der Waals surface area contributed by atoms with E-state index < -0.39 is 0 Å². The molecule has 0 aliphatic carbocycles. The molecule has 2 rings (SSSR count). The number of hydrogen-bond acceptors (Lipinski definition) is 3. The average molecular weight is 219 g/mol. The van der Waals surface area contributed by atoms with Crippen molar-refractivity contribution in [3.8, 4) is 0 Å². The van der Waals surface area contributed by atoms with Gasteiger partial charge in [0, 0.05) is 24.8 Å². The minimum atomic E-state index is 0.641. The number of nitrogens with one attached hydrogen (secondary N) is 1. The molecule has 1 saturated heterocycles. The van der Waals surface area contributed by atoms with Crippen molar-refractivity contribution in [2.24, 2.45) is 0 Å². The second-order valence-electron chi connectivity index (χ2n) is 4.63. The summed E-state index contributed by atoms with van der Waals surface area (Å²) in [6, 6.07) is 4.99. The first-order valence-electron chi connectivity index (χ1n) is 6.10. The van der Waals surface area contributed by atoms with Gasteiger partial charge in [0.2, 0.25) is 0 Å². The Hall–Kier alpha value is -1.09. The third-order valence-electron chi connectivity index (χ3n) is 3.40. The normalized spacial score (nSPS) is 20.4. The predicted molar refractivity (Wildman–Crippen MR) is 67.8 cm³/mol. The van der Waals surface area contributed by atoms with Crippen LogP contribution in [0.3, 0.4) is 0 Å². The highest BCUT2D eigenvalue weighted by molar-refractivity contribution is 5.43. The van der Waals surface area contributed by atoms with E-state index in [1.54, 1.807) is 0 Å². The molecule has 16 heavy (non-hydrogen) atoms. The first-order chi connectivity index (χ1) is 7.72. The van der Waals surface area contributed by atoms with Crippen LogP contribution in [0.5, 0.6) is 0 Å². The van der Waals surface area contributed by atoms with Gasteiger partial charge in [0.15, 0.2) is 0 Å². The van der Waals surface area contributed by atoms with Crippen LogP contribution in [-0.2, 0) is 6.54 Å². The van der Waals surface area contributed by atoms with Crippen LogP contribution < -0.4 is 10.2 Å². The zero-order chi connectivity index (χ0) is 11.5. The molecule has 3 heteroatoms. The Balaban J connectivity index is 2.20. The zero-order valence-corrected chi connectivity index (χ0v) is 10.5. The van der Waals surface area contributed by atoms with Gasteiger partial charge >= 0.3 is 0 Å². The molecule has 1 aliphatic heterocycles. The Kier molecular flexibility index (Phi) is 3.44. The highest BCUT2D eigenvalue weighted by atomic mass is 15.2. The number of pyridine rings is 1. The van der Waals surface area contributed by atoms with Crippen LogP contribution in [-0.4, -0.2) is 24.6 Å². The lowest BCUT2D eigenvalue weighted by Crippen LogP contribution is -2.27. The van der Waals surface area contributed by atoms with Crippen molar-refractivity contribution >= 4 is 5.82 Å². The van der Waals surface area contributed by atoms with Gasteiger partial charge < -0.3 is 10.2 Å². The summed E-state index contributed by atoms with van der Waals surface area (Å²) >= 11 is 0. The first-order valence-corrected chi connectivity index (χ1v) is 6.10. The molecule has 1 aromatic heterocycles. The van der Waals surface area contributed by atoms with Crippen molar-refractivity contribution in [2.45, 2.75) is 39.3 Å². The summed E-state index contributed by atoms with van der Waals surface area (Å²) in [4.78, 5) is 7.12. The summed E-state index contributed by atoms with van der Waals surface area (Å²) in [5.74, 6) is 1.14. The summed E-state index contributed by atoms with van der Waals surface area (Å²) in [6.07, 6.45) is 2.58. The quantitative estimate of drug-likeness (QED) is 0.844. The van der Waals surface area contributed by atoms with E-state index in [1.807, 2.05) is 7.05 Å². The fourth-order valence-electron chi connectivity index (χ4n) is 2.39. The largest absolute Gasteiger partial charge is 0.354 e. The smallest absolute Gasteiger partial charge is 0.129 e. The SMILES string of the molecule is CNCc1ccc(N2CCCC2C)nc1C. The Morgan fingerprint density at radius 2 is 2.31 bits per heavy atom. The molecule has 0 aromatic carbocycles. The van der Waals surface area contributed by atoms with Gasteiger partial charge in [-0.15, -0.1) is 0 Å². The molecule has 1 atom stereocenters. The Morgan fingerprint density at radius 1 is 1.50 bits per heavy atom. The van der Waals surface area contributed by atoms with E-state index in [2.05, 4.69) is 36.2 Å². The zero-order valence-electron chi connectivity index (χ0n) is 10.5. The third-order valence-corrected chi connectivity index (χ3v) is 3.40. The van der Waals surface area contributed by atoms with Crippen LogP contribution in [0.1, 0.15) is 31.0 Å². The molecule has 1 aliphatic rings. The summed E-state index contributed by atoms with van der Waals surface area (Å²) in [7, 11) is 1.97. The highest BCUT2D eigenvalue weighted by Crippen LogP contribution is 2.24. The van der Waals surface area contributed by atoms with E-state index >= 15 is 0 Å². The van der Waals surface area contributed by atoms with E-state index in [1.165, 1.54) is 18.4 Å². The molecule has 0 radical (unpaired) electrons. The number of aryl methyl sites for hydroxylation is 1. The Labute approximate surface area is 97.9 Å². The van der Waals surface area contributed by atoms with Gasteiger partial charge in [0.05, 0.1) is 0 Å². The number of anilines is 1. The number of aromatic nitrogens is 1. The molecule has 2 heterocycles. The number of nitrogens with zero attached hydrogens (tertiary/aromatic N) is 2. The molecule has 0 saturated carbocycles. The molecule has 88 valence electrons. The molecule has 0 bridgehead atoms. The van der Waals surface area contributed by atoms with Crippen molar-refractivity contribution in [2.75, 3.05) is 18.5 Å².